The van der Waals surface area contributed by atoms with E-state index >= 15 is 0 Å². The van der Waals surface area contributed by atoms with Crippen molar-refractivity contribution in [3.05, 3.63) is 53.6 Å². The zero-order valence-electron chi connectivity index (χ0n) is 16.1. The normalized spacial score (nSPS) is 14.9. The molecule has 0 bridgehead atoms. The summed E-state index contributed by atoms with van der Waals surface area (Å²) in [4.78, 5) is 14.5. The number of hydrogen-bond acceptors (Lipinski definition) is 5. The highest BCUT2D eigenvalue weighted by molar-refractivity contribution is 7.89. The molecule has 1 N–H and O–H groups in total. The number of benzene rings is 2. The van der Waals surface area contributed by atoms with Crippen LogP contribution < -0.4 is 14.2 Å². The van der Waals surface area contributed by atoms with Crippen molar-refractivity contribution in [3.8, 4) is 11.5 Å². The summed E-state index contributed by atoms with van der Waals surface area (Å²) in [5.74, 6) is 0.480. The minimum atomic E-state index is -3.89. The van der Waals surface area contributed by atoms with Crippen LogP contribution in [0, 0.1) is 0 Å². The number of carbonyl (C=O) groups excluding carboxylic acids is 1. The Labute approximate surface area is 165 Å². The SMILES string of the molecule is COc1ccc(S(=O)(=O)N[C@H](C)C(=O)N2CCc3ccccc3C2)cc1OC. The van der Waals surface area contributed by atoms with Crippen LogP contribution in [0.5, 0.6) is 11.5 Å². The first-order chi connectivity index (χ1) is 13.4. The van der Waals surface area contributed by atoms with Crippen molar-refractivity contribution >= 4 is 15.9 Å². The Morgan fingerprint density at radius 3 is 2.43 bits per heavy atom. The number of rotatable bonds is 6. The number of ether oxygens (including phenoxy) is 2. The lowest BCUT2D eigenvalue weighted by molar-refractivity contribution is -0.133. The van der Waals surface area contributed by atoms with Gasteiger partial charge in [-0.1, -0.05) is 24.3 Å². The van der Waals surface area contributed by atoms with Crippen molar-refractivity contribution < 1.29 is 22.7 Å². The van der Waals surface area contributed by atoms with E-state index in [2.05, 4.69) is 10.8 Å². The number of fused-ring (bicyclic) bond motifs is 1. The van der Waals surface area contributed by atoms with E-state index in [4.69, 9.17) is 9.47 Å². The average Bonchev–Trinajstić information content (AvgIpc) is 2.71. The second-order valence-electron chi connectivity index (χ2n) is 6.64. The van der Waals surface area contributed by atoms with Crippen LogP contribution in [0.15, 0.2) is 47.4 Å². The molecule has 0 saturated heterocycles. The molecule has 0 radical (unpaired) electrons. The smallest absolute Gasteiger partial charge is 0.241 e. The molecule has 2 aromatic carbocycles. The van der Waals surface area contributed by atoms with Crippen LogP contribution in [-0.4, -0.2) is 46.0 Å². The number of methoxy groups -OCH3 is 2. The zero-order chi connectivity index (χ0) is 20.3. The van der Waals surface area contributed by atoms with Crippen molar-refractivity contribution in [2.24, 2.45) is 0 Å². The lowest BCUT2D eigenvalue weighted by atomic mass is 9.99. The molecule has 1 heterocycles. The van der Waals surface area contributed by atoms with Crippen molar-refractivity contribution in [1.29, 1.82) is 0 Å². The predicted octanol–water partition coefficient (Wildman–Crippen LogP) is 1.96. The van der Waals surface area contributed by atoms with Crippen LogP contribution >= 0.6 is 0 Å². The number of carbonyl (C=O) groups is 1. The van der Waals surface area contributed by atoms with E-state index in [1.54, 1.807) is 11.8 Å². The van der Waals surface area contributed by atoms with E-state index in [9.17, 15) is 13.2 Å². The first-order valence-corrected chi connectivity index (χ1v) is 10.4. The van der Waals surface area contributed by atoms with Crippen molar-refractivity contribution in [2.45, 2.75) is 30.8 Å². The van der Waals surface area contributed by atoms with Gasteiger partial charge in [-0.25, -0.2) is 8.42 Å². The predicted molar refractivity (Wildman–Crippen MR) is 105 cm³/mol. The van der Waals surface area contributed by atoms with E-state index in [-0.39, 0.29) is 10.8 Å². The summed E-state index contributed by atoms with van der Waals surface area (Å²) in [6.45, 7) is 2.61. The van der Waals surface area contributed by atoms with Gasteiger partial charge >= 0.3 is 0 Å². The minimum Gasteiger partial charge on any atom is -0.493 e. The Morgan fingerprint density at radius 1 is 1.07 bits per heavy atom. The number of amides is 1. The molecule has 0 fully saturated rings. The number of nitrogens with one attached hydrogen (secondary N) is 1. The highest BCUT2D eigenvalue weighted by Crippen LogP contribution is 2.29. The summed E-state index contributed by atoms with van der Waals surface area (Å²) < 4.78 is 38.2. The fourth-order valence-electron chi connectivity index (χ4n) is 3.29. The maximum absolute atomic E-state index is 12.8. The van der Waals surface area contributed by atoms with Gasteiger partial charge in [0.2, 0.25) is 15.9 Å². The van der Waals surface area contributed by atoms with Gasteiger partial charge in [0, 0.05) is 19.2 Å². The Bertz CT molecular complexity index is 974. The van der Waals surface area contributed by atoms with E-state index in [1.807, 2.05) is 18.2 Å². The van der Waals surface area contributed by atoms with Gasteiger partial charge in [-0.15, -0.1) is 0 Å². The summed E-state index contributed by atoms with van der Waals surface area (Å²) in [5, 5.41) is 0. The van der Waals surface area contributed by atoms with Gasteiger partial charge in [0.25, 0.3) is 0 Å². The Balaban J connectivity index is 1.73. The minimum absolute atomic E-state index is 0.00814. The van der Waals surface area contributed by atoms with Crippen molar-refractivity contribution in [3.63, 3.8) is 0 Å². The highest BCUT2D eigenvalue weighted by Gasteiger charge is 2.28. The Hall–Kier alpha value is -2.58. The number of nitrogens with zero attached hydrogens (tertiary/aromatic N) is 1. The van der Waals surface area contributed by atoms with Crippen LogP contribution in [0.4, 0.5) is 0 Å². The molecule has 1 aliphatic rings. The van der Waals surface area contributed by atoms with Crippen LogP contribution in [-0.2, 0) is 27.8 Å². The van der Waals surface area contributed by atoms with Gasteiger partial charge < -0.3 is 14.4 Å². The third-order valence-electron chi connectivity index (χ3n) is 4.81. The molecule has 1 atom stereocenters. The number of hydrogen-bond donors (Lipinski definition) is 1. The molecule has 3 rings (SSSR count). The molecule has 0 aromatic heterocycles. The largest absolute Gasteiger partial charge is 0.493 e. The van der Waals surface area contributed by atoms with Gasteiger partial charge in [0.05, 0.1) is 25.2 Å². The lowest BCUT2D eigenvalue weighted by Gasteiger charge is -2.31. The Kier molecular flexibility index (Phi) is 5.90. The van der Waals surface area contributed by atoms with E-state index in [0.29, 0.717) is 24.6 Å². The fraction of sp³-hybridized carbons (Fsp3) is 0.350. The van der Waals surface area contributed by atoms with E-state index < -0.39 is 16.1 Å². The molecule has 8 heteroatoms. The molecule has 150 valence electrons. The molecule has 28 heavy (non-hydrogen) atoms. The van der Waals surface area contributed by atoms with Gasteiger partial charge in [-0.05, 0) is 36.6 Å². The maximum atomic E-state index is 12.8. The zero-order valence-corrected chi connectivity index (χ0v) is 17.0. The van der Waals surface area contributed by atoms with Gasteiger partial charge in [0.15, 0.2) is 11.5 Å². The molecule has 0 saturated carbocycles. The van der Waals surface area contributed by atoms with Gasteiger partial charge in [-0.2, -0.15) is 4.72 Å². The molecular formula is C20H24N2O5S. The average molecular weight is 404 g/mol. The lowest BCUT2D eigenvalue weighted by Crippen LogP contribution is -2.48. The van der Waals surface area contributed by atoms with Crippen LogP contribution in [0.25, 0.3) is 0 Å². The monoisotopic (exact) mass is 404 g/mol. The molecule has 0 spiro atoms. The summed E-state index contributed by atoms with van der Waals surface area (Å²) in [6.07, 6.45) is 0.761. The topological polar surface area (TPSA) is 84.9 Å². The molecular weight excluding hydrogens is 380 g/mol. The van der Waals surface area contributed by atoms with Crippen LogP contribution in [0.2, 0.25) is 0 Å². The quantitative estimate of drug-likeness (QED) is 0.796. The van der Waals surface area contributed by atoms with E-state index in [1.165, 1.54) is 38.0 Å². The summed E-state index contributed by atoms with van der Waals surface area (Å²) in [7, 11) is -0.988. The first-order valence-electron chi connectivity index (χ1n) is 8.95. The standard InChI is InChI=1S/C20H24N2O5S/c1-14(20(23)22-11-10-15-6-4-5-7-16(15)13-22)21-28(24,25)17-8-9-18(26-2)19(12-17)27-3/h4-9,12,14,21H,10-11,13H2,1-3H3/t14-/m1/s1. The molecule has 0 unspecified atom stereocenters. The second-order valence-corrected chi connectivity index (χ2v) is 8.35. The van der Waals surface area contributed by atoms with Gasteiger partial charge in [-0.3, -0.25) is 4.79 Å². The highest BCUT2D eigenvalue weighted by atomic mass is 32.2. The van der Waals surface area contributed by atoms with Crippen molar-refractivity contribution in [1.82, 2.24) is 9.62 Å². The molecule has 2 aromatic rings. The van der Waals surface area contributed by atoms with Crippen LogP contribution in [0.3, 0.4) is 0 Å². The Morgan fingerprint density at radius 2 is 1.75 bits per heavy atom. The molecule has 0 aliphatic carbocycles. The molecule has 1 aliphatic heterocycles. The summed E-state index contributed by atoms with van der Waals surface area (Å²) >= 11 is 0. The van der Waals surface area contributed by atoms with Crippen LogP contribution in [0.1, 0.15) is 18.1 Å². The van der Waals surface area contributed by atoms with E-state index in [0.717, 1.165) is 12.0 Å². The number of sulfonamides is 1. The molecule has 7 nitrogen and oxygen atoms in total. The third kappa shape index (κ3) is 4.13. The third-order valence-corrected chi connectivity index (χ3v) is 6.35. The molecule has 1 amide bonds. The fourth-order valence-corrected chi connectivity index (χ4v) is 4.50. The second kappa shape index (κ2) is 8.20. The summed E-state index contributed by atoms with van der Waals surface area (Å²) in [5.41, 5.74) is 2.32. The van der Waals surface area contributed by atoms with Gasteiger partial charge in [0.1, 0.15) is 0 Å². The summed E-state index contributed by atoms with van der Waals surface area (Å²) in [6, 6.07) is 11.4. The van der Waals surface area contributed by atoms with Crippen molar-refractivity contribution in [2.75, 3.05) is 20.8 Å². The maximum Gasteiger partial charge on any atom is 0.241 e. The first kappa shape index (κ1) is 20.2.